The second-order valence-electron chi connectivity index (χ2n) is 5.34. The number of phenolic OH excluding ortho intramolecular Hbond substituents is 1. The number of rotatable bonds is 2. The summed E-state index contributed by atoms with van der Waals surface area (Å²) in [7, 11) is 0. The Morgan fingerprint density at radius 1 is 1.04 bits per heavy atom. The second-order valence-corrected chi connectivity index (χ2v) is 5.78. The van der Waals surface area contributed by atoms with Gasteiger partial charge in [-0.1, -0.05) is 23.7 Å². The predicted octanol–water partition coefficient (Wildman–Crippen LogP) is 2.91. The van der Waals surface area contributed by atoms with E-state index in [2.05, 4.69) is 15.8 Å². The molecule has 7 heteroatoms. The molecule has 0 atom stereocenters. The van der Waals surface area contributed by atoms with E-state index in [1.807, 2.05) is 25.1 Å². The highest BCUT2D eigenvalue weighted by Crippen LogP contribution is 2.21. The maximum absolute atomic E-state index is 12.1. The van der Waals surface area contributed by atoms with Crippen LogP contribution in [0.15, 0.2) is 42.5 Å². The number of fused-ring (bicyclic) bond motifs is 1. The van der Waals surface area contributed by atoms with Crippen LogP contribution in [0, 0.1) is 6.92 Å². The number of hydrogen-bond acceptors (Lipinski definition) is 3. The van der Waals surface area contributed by atoms with E-state index in [9.17, 15) is 14.7 Å². The molecule has 6 nitrogen and oxygen atoms in total. The third-order valence-corrected chi connectivity index (χ3v) is 3.75. The third kappa shape index (κ3) is 3.18. The van der Waals surface area contributed by atoms with E-state index < -0.39 is 11.8 Å². The minimum Gasteiger partial charge on any atom is -0.507 e. The van der Waals surface area contributed by atoms with Crippen LogP contribution in [-0.4, -0.2) is 21.9 Å². The summed E-state index contributed by atoms with van der Waals surface area (Å²) in [5.41, 5.74) is 6.72. The Balaban J connectivity index is 1.72. The number of carbonyl (C=O) groups excluding carboxylic acids is 2. The van der Waals surface area contributed by atoms with Crippen molar-refractivity contribution in [2.24, 2.45) is 0 Å². The highest BCUT2D eigenvalue weighted by molar-refractivity contribution is 6.31. The average Bonchev–Trinajstić information content (AvgIpc) is 2.97. The van der Waals surface area contributed by atoms with Gasteiger partial charge >= 0.3 is 0 Å². The molecule has 1 aromatic heterocycles. The van der Waals surface area contributed by atoms with Gasteiger partial charge in [0.15, 0.2) is 0 Å². The molecule has 0 radical (unpaired) electrons. The van der Waals surface area contributed by atoms with E-state index in [0.717, 1.165) is 16.5 Å². The molecule has 0 saturated heterocycles. The number of amides is 2. The lowest BCUT2D eigenvalue weighted by atomic mass is 10.2. The fourth-order valence-corrected chi connectivity index (χ4v) is 2.47. The number of aryl methyl sites for hydroxylation is 1. The van der Waals surface area contributed by atoms with Gasteiger partial charge in [-0.2, -0.15) is 0 Å². The lowest BCUT2D eigenvalue weighted by molar-refractivity contribution is 0.0843. The molecule has 0 spiro atoms. The molecule has 2 aromatic carbocycles. The van der Waals surface area contributed by atoms with Gasteiger partial charge in [0, 0.05) is 15.9 Å². The van der Waals surface area contributed by atoms with Crippen LogP contribution in [0.4, 0.5) is 0 Å². The topological polar surface area (TPSA) is 94.2 Å². The molecule has 0 unspecified atom stereocenters. The smallest absolute Gasteiger partial charge is 0.286 e. The van der Waals surface area contributed by atoms with Crippen LogP contribution in [0.5, 0.6) is 5.75 Å². The summed E-state index contributed by atoms with van der Waals surface area (Å²) in [4.78, 5) is 27.1. The first-order valence-electron chi connectivity index (χ1n) is 7.12. The highest BCUT2D eigenvalue weighted by Gasteiger charge is 2.14. The van der Waals surface area contributed by atoms with Gasteiger partial charge in [0.1, 0.15) is 11.4 Å². The number of benzene rings is 2. The minimum atomic E-state index is -0.671. The summed E-state index contributed by atoms with van der Waals surface area (Å²) in [6, 6.07) is 11.5. The summed E-state index contributed by atoms with van der Waals surface area (Å²) >= 11 is 5.79. The third-order valence-electron chi connectivity index (χ3n) is 3.52. The van der Waals surface area contributed by atoms with Crippen molar-refractivity contribution in [1.29, 1.82) is 0 Å². The van der Waals surface area contributed by atoms with Crippen LogP contribution >= 0.6 is 11.6 Å². The first kappa shape index (κ1) is 15.9. The van der Waals surface area contributed by atoms with Gasteiger partial charge in [0.2, 0.25) is 0 Å². The lowest BCUT2D eigenvalue weighted by Gasteiger charge is -2.08. The Bertz CT molecular complexity index is 949. The molecule has 1 heterocycles. The van der Waals surface area contributed by atoms with E-state index in [1.54, 1.807) is 6.07 Å². The number of halogens is 1. The maximum atomic E-state index is 12.1. The zero-order valence-electron chi connectivity index (χ0n) is 12.7. The molecular formula is C17H14ClN3O3. The van der Waals surface area contributed by atoms with E-state index in [4.69, 9.17) is 11.6 Å². The Hall–Kier alpha value is -2.99. The summed E-state index contributed by atoms with van der Waals surface area (Å²) < 4.78 is 0. The number of phenols is 1. The second kappa shape index (κ2) is 6.25. The zero-order chi connectivity index (χ0) is 17.3. The Morgan fingerprint density at radius 2 is 1.79 bits per heavy atom. The first-order valence-corrected chi connectivity index (χ1v) is 7.50. The van der Waals surface area contributed by atoms with E-state index >= 15 is 0 Å². The number of hydrazine groups is 1. The molecule has 3 aromatic rings. The van der Waals surface area contributed by atoms with Crippen LogP contribution in [0.3, 0.4) is 0 Å². The van der Waals surface area contributed by atoms with Gasteiger partial charge in [0.05, 0.1) is 5.56 Å². The Morgan fingerprint density at radius 3 is 2.58 bits per heavy atom. The van der Waals surface area contributed by atoms with Crippen molar-refractivity contribution in [1.82, 2.24) is 15.8 Å². The minimum absolute atomic E-state index is 0.0323. The Labute approximate surface area is 142 Å². The van der Waals surface area contributed by atoms with E-state index in [0.29, 0.717) is 10.7 Å². The fourth-order valence-electron chi connectivity index (χ4n) is 2.30. The molecule has 2 amide bonds. The summed E-state index contributed by atoms with van der Waals surface area (Å²) in [6.45, 7) is 1.96. The van der Waals surface area contributed by atoms with Gasteiger partial charge in [-0.3, -0.25) is 20.4 Å². The van der Waals surface area contributed by atoms with Crippen LogP contribution < -0.4 is 10.9 Å². The number of hydrogen-bond donors (Lipinski definition) is 4. The highest BCUT2D eigenvalue weighted by atomic mass is 35.5. The molecule has 24 heavy (non-hydrogen) atoms. The van der Waals surface area contributed by atoms with Crippen LogP contribution in [0.2, 0.25) is 5.02 Å². The molecule has 0 bridgehead atoms. The molecule has 0 saturated carbocycles. The average molecular weight is 344 g/mol. The van der Waals surface area contributed by atoms with Crippen LogP contribution in [-0.2, 0) is 0 Å². The molecule has 0 fully saturated rings. The molecule has 0 aliphatic heterocycles. The predicted molar refractivity (Wildman–Crippen MR) is 91.1 cm³/mol. The van der Waals surface area contributed by atoms with Crippen LogP contribution in [0.25, 0.3) is 10.9 Å². The largest absolute Gasteiger partial charge is 0.507 e. The van der Waals surface area contributed by atoms with Crippen molar-refractivity contribution in [3.8, 4) is 5.75 Å². The van der Waals surface area contributed by atoms with Crippen molar-refractivity contribution < 1.29 is 14.7 Å². The van der Waals surface area contributed by atoms with Gasteiger partial charge < -0.3 is 10.1 Å². The normalized spacial score (nSPS) is 10.6. The Kier molecular flexibility index (Phi) is 4.14. The summed E-state index contributed by atoms with van der Waals surface area (Å²) in [6.07, 6.45) is 0. The van der Waals surface area contributed by atoms with Crippen molar-refractivity contribution in [2.45, 2.75) is 6.92 Å². The molecule has 0 aliphatic carbocycles. The first-order chi connectivity index (χ1) is 11.4. The SMILES string of the molecule is Cc1ccc2cc(C(=O)NNC(=O)c3cc(Cl)ccc3O)[nH]c2c1. The molecule has 3 rings (SSSR count). The van der Waals surface area contributed by atoms with Crippen molar-refractivity contribution >= 4 is 34.3 Å². The van der Waals surface area contributed by atoms with E-state index in [1.165, 1.54) is 18.2 Å². The maximum Gasteiger partial charge on any atom is 0.286 e. The standard InChI is InChI=1S/C17H14ClN3O3/c1-9-2-3-10-7-14(19-13(10)6-9)17(24)21-20-16(23)12-8-11(18)4-5-15(12)22/h2-8,19,22H,1H3,(H,20,23)(H,21,24). The van der Waals surface area contributed by atoms with Gasteiger partial charge in [-0.15, -0.1) is 0 Å². The van der Waals surface area contributed by atoms with Crippen molar-refractivity contribution in [3.63, 3.8) is 0 Å². The molecule has 4 N–H and O–H groups in total. The number of nitrogens with one attached hydrogen (secondary N) is 3. The number of H-pyrrole nitrogens is 1. The molecular weight excluding hydrogens is 330 g/mol. The molecule has 122 valence electrons. The zero-order valence-corrected chi connectivity index (χ0v) is 13.4. The quantitative estimate of drug-likeness (QED) is 0.539. The fraction of sp³-hybridized carbons (Fsp3) is 0.0588. The van der Waals surface area contributed by atoms with Crippen LogP contribution in [0.1, 0.15) is 26.4 Å². The summed E-state index contributed by atoms with van der Waals surface area (Å²) in [5, 5.41) is 10.9. The number of aromatic amines is 1. The van der Waals surface area contributed by atoms with Crippen molar-refractivity contribution in [3.05, 3.63) is 64.3 Å². The van der Waals surface area contributed by atoms with Gasteiger partial charge in [0.25, 0.3) is 11.8 Å². The summed E-state index contributed by atoms with van der Waals surface area (Å²) in [5.74, 6) is -1.40. The van der Waals surface area contributed by atoms with E-state index in [-0.39, 0.29) is 11.3 Å². The monoisotopic (exact) mass is 343 g/mol. The van der Waals surface area contributed by atoms with Gasteiger partial charge in [-0.25, -0.2) is 0 Å². The van der Waals surface area contributed by atoms with Crippen molar-refractivity contribution in [2.75, 3.05) is 0 Å². The number of aromatic nitrogens is 1. The number of aromatic hydroxyl groups is 1. The molecule has 0 aliphatic rings. The lowest BCUT2D eigenvalue weighted by Crippen LogP contribution is -2.41. The number of carbonyl (C=O) groups is 2. The van der Waals surface area contributed by atoms with Gasteiger partial charge in [-0.05, 0) is 42.8 Å².